The van der Waals surface area contributed by atoms with Gasteiger partial charge in [0.25, 0.3) is 0 Å². The summed E-state index contributed by atoms with van der Waals surface area (Å²) in [6.07, 6.45) is 4.75. The second-order valence-electron chi connectivity index (χ2n) is 5.78. The molecule has 2 aromatic heterocycles. The molecule has 7 heteroatoms. The molecule has 7 nitrogen and oxygen atoms in total. The van der Waals surface area contributed by atoms with Crippen molar-refractivity contribution in [3.05, 3.63) is 60.2 Å². The van der Waals surface area contributed by atoms with Gasteiger partial charge < -0.3 is 14.6 Å². The normalized spacial score (nSPS) is 11.8. The lowest BCUT2D eigenvalue weighted by Crippen LogP contribution is -2.33. The Balaban J connectivity index is 1.77. The lowest BCUT2D eigenvalue weighted by Gasteiger charge is -2.25. The Morgan fingerprint density at radius 1 is 1.32 bits per heavy atom. The number of hydrogen-bond donors (Lipinski definition) is 1. The van der Waals surface area contributed by atoms with Crippen LogP contribution in [0, 0.1) is 6.92 Å². The first kappa shape index (κ1) is 16.6. The Kier molecular flexibility index (Phi) is 4.74. The van der Waals surface area contributed by atoms with Gasteiger partial charge in [-0.25, -0.2) is 4.79 Å². The van der Waals surface area contributed by atoms with Crippen molar-refractivity contribution in [2.24, 2.45) is 0 Å². The molecule has 0 saturated carbocycles. The Labute approximate surface area is 145 Å². The largest absolute Gasteiger partial charge is 0.423 e. The molecular formula is C18H19N5O2. The minimum Gasteiger partial charge on any atom is -0.423 e. The summed E-state index contributed by atoms with van der Waals surface area (Å²) in [5.74, 6) is 0.410. The highest BCUT2D eigenvalue weighted by Gasteiger charge is 2.18. The Morgan fingerprint density at radius 2 is 2.16 bits per heavy atom. The van der Waals surface area contributed by atoms with E-state index in [4.69, 9.17) is 4.42 Å². The number of nitrogens with one attached hydrogen (secondary N) is 1. The van der Waals surface area contributed by atoms with Gasteiger partial charge in [0.05, 0.1) is 6.04 Å². The fourth-order valence-electron chi connectivity index (χ4n) is 2.41. The quantitative estimate of drug-likeness (QED) is 0.785. The van der Waals surface area contributed by atoms with Crippen LogP contribution in [-0.4, -0.2) is 33.2 Å². The van der Waals surface area contributed by atoms with E-state index < -0.39 is 0 Å². The van der Waals surface area contributed by atoms with Crippen molar-refractivity contribution in [2.45, 2.75) is 19.9 Å². The fourth-order valence-corrected chi connectivity index (χ4v) is 2.41. The minimum atomic E-state index is -0.206. The van der Waals surface area contributed by atoms with Crippen LogP contribution in [0.25, 0.3) is 11.5 Å². The van der Waals surface area contributed by atoms with Gasteiger partial charge in [0.2, 0.25) is 12.3 Å². The topological polar surface area (TPSA) is 84.2 Å². The third kappa shape index (κ3) is 3.65. The highest BCUT2D eigenvalue weighted by atomic mass is 16.4. The summed E-state index contributed by atoms with van der Waals surface area (Å²) in [5, 5.41) is 10.5. The number of carbonyl (C=O) groups is 1. The minimum absolute atomic E-state index is 0.104. The number of benzene rings is 1. The summed E-state index contributed by atoms with van der Waals surface area (Å²) in [4.78, 5) is 18.4. The van der Waals surface area contributed by atoms with Crippen LogP contribution in [0.5, 0.6) is 0 Å². The van der Waals surface area contributed by atoms with Crippen LogP contribution in [0.15, 0.2) is 53.5 Å². The average molecular weight is 337 g/mol. The van der Waals surface area contributed by atoms with Crippen molar-refractivity contribution in [1.29, 1.82) is 0 Å². The van der Waals surface area contributed by atoms with E-state index in [0.717, 1.165) is 16.7 Å². The van der Waals surface area contributed by atoms with E-state index >= 15 is 0 Å². The average Bonchev–Trinajstić information content (AvgIpc) is 3.17. The third-order valence-corrected chi connectivity index (χ3v) is 4.15. The molecule has 0 spiro atoms. The van der Waals surface area contributed by atoms with Crippen molar-refractivity contribution in [1.82, 2.24) is 20.1 Å². The maximum absolute atomic E-state index is 12.6. The molecule has 0 saturated heterocycles. The van der Waals surface area contributed by atoms with Crippen LogP contribution >= 0.6 is 0 Å². The standard InChI is InChI=1S/C18H19N5O2/c1-12-6-7-14(17-22-20-11-25-17)9-16(12)21-18(24)23(3)13(2)15-5-4-8-19-10-15/h4-11,13H,1-3H3,(H,21,24). The van der Waals surface area contributed by atoms with Gasteiger partial charge in [0, 0.05) is 30.7 Å². The van der Waals surface area contributed by atoms with Gasteiger partial charge in [-0.15, -0.1) is 10.2 Å². The summed E-state index contributed by atoms with van der Waals surface area (Å²) in [6.45, 7) is 3.88. The summed E-state index contributed by atoms with van der Waals surface area (Å²) in [7, 11) is 1.75. The van der Waals surface area contributed by atoms with Crippen LogP contribution in [0.2, 0.25) is 0 Å². The predicted octanol–water partition coefficient (Wildman–Crippen LogP) is 3.66. The van der Waals surface area contributed by atoms with Gasteiger partial charge >= 0.3 is 6.03 Å². The molecule has 0 aliphatic heterocycles. The van der Waals surface area contributed by atoms with E-state index in [1.165, 1.54) is 6.39 Å². The summed E-state index contributed by atoms with van der Waals surface area (Å²) in [6, 6.07) is 9.09. The van der Waals surface area contributed by atoms with Crippen LogP contribution < -0.4 is 5.32 Å². The number of urea groups is 1. The number of nitrogens with zero attached hydrogens (tertiary/aromatic N) is 4. The summed E-state index contributed by atoms with van der Waals surface area (Å²) < 4.78 is 5.21. The van der Waals surface area contributed by atoms with Crippen LogP contribution in [0.4, 0.5) is 10.5 Å². The first-order valence-corrected chi connectivity index (χ1v) is 7.87. The number of aromatic nitrogens is 3. The van der Waals surface area contributed by atoms with E-state index in [1.807, 2.05) is 44.2 Å². The first-order chi connectivity index (χ1) is 12.1. The number of rotatable bonds is 4. The van der Waals surface area contributed by atoms with Gasteiger partial charge in [-0.2, -0.15) is 0 Å². The maximum atomic E-state index is 12.6. The molecular weight excluding hydrogens is 318 g/mol. The van der Waals surface area contributed by atoms with Crippen molar-refractivity contribution < 1.29 is 9.21 Å². The van der Waals surface area contributed by atoms with E-state index in [0.29, 0.717) is 11.6 Å². The summed E-state index contributed by atoms with van der Waals surface area (Å²) in [5.41, 5.74) is 3.36. The van der Waals surface area contributed by atoms with Gasteiger partial charge in [-0.05, 0) is 43.2 Å². The zero-order valence-electron chi connectivity index (χ0n) is 14.3. The number of anilines is 1. The maximum Gasteiger partial charge on any atom is 0.322 e. The molecule has 0 bridgehead atoms. The molecule has 3 rings (SSSR count). The highest BCUT2D eigenvalue weighted by molar-refractivity contribution is 5.91. The van der Waals surface area contributed by atoms with E-state index in [1.54, 1.807) is 24.3 Å². The Hall–Kier alpha value is -3.22. The summed E-state index contributed by atoms with van der Waals surface area (Å²) >= 11 is 0. The van der Waals surface area contributed by atoms with Crippen molar-refractivity contribution >= 4 is 11.7 Å². The molecule has 1 aromatic carbocycles. The van der Waals surface area contributed by atoms with E-state index in [2.05, 4.69) is 20.5 Å². The van der Waals surface area contributed by atoms with E-state index in [9.17, 15) is 4.79 Å². The molecule has 3 aromatic rings. The lowest BCUT2D eigenvalue weighted by molar-refractivity contribution is 0.208. The lowest BCUT2D eigenvalue weighted by atomic mass is 10.1. The van der Waals surface area contributed by atoms with Crippen LogP contribution in [0.3, 0.4) is 0 Å². The molecule has 0 aliphatic rings. The number of pyridine rings is 1. The first-order valence-electron chi connectivity index (χ1n) is 7.87. The molecule has 2 amide bonds. The Bertz CT molecular complexity index is 849. The number of amides is 2. The zero-order chi connectivity index (χ0) is 17.8. The molecule has 2 heterocycles. The van der Waals surface area contributed by atoms with Gasteiger partial charge in [-0.1, -0.05) is 12.1 Å². The molecule has 25 heavy (non-hydrogen) atoms. The monoisotopic (exact) mass is 337 g/mol. The molecule has 0 fully saturated rings. The molecule has 1 N–H and O–H groups in total. The van der Waals surface area contributed by atoms with Crippen molar-refractivity contribution in [3.63, 3.8) is 0 Å². The van der Waals surface area contributed by atoms with E-state index in [-0.39, 0.29) is 12.1 Å². The molecule has 0 aliphatic carbocycles. The second kappa shape index (κ2) is 7.12. The van der Waals surface area contributed by atoms with Gasteiger partial charge in [0.15, 0.2) is 0 Å². The van der Waals surface area contributed by atoms with Crippen LogP contribution in [-0.2, 0) is 0 Å². The smallest absolute Gasteiger partial charge is 0.322 e. The van der Waals surface area contributed by atoms with Crippen LogP contribution in [0.1, 0.15) is 24.1 Å². The molecule has 128 valence electrons. The zero-order valence-corrected chi connectivity index (χ0v) is 14.3. The SMILES string of the molecule is Cc1ccc(-c2nnco2)cc1NC(=O)N(C)C(C)c1cccnc1. The molecule has 1 atom stereocenters. The van der Waals surface area contributed by atoms with Crippen molar-refractivity contribution in [2.75, 3.05) is 12.4 Å². The highest BCUT2D eigenvalue weighted by Crippen LogP contribution is 2.25. The van der Waals surface area contributed by atoms with Gasteiger partial charge in [-0.3, -0.25) is 4.98 Å². The van der Waals surface area contributed by atoms with Crippen molar-refractivity contribution in [3.8, 4) is 11.5 Å². The van der Waals surface area contributed by atoms with Gasteiger partial charge in [0.1, 0.15) is 0 Å². The number of carbonyl (C=O) groups excluding carboxylic acids is 1. The predicted molar refractivity (Wildman–Crippen MR) is 93.9 cm³/mol. The molecule has 0 radical (unpaired) electrons. The second-order valence-corrected chi connectivity index (χ2v) is 5.78. The fraction of sp³-hybridized carbons (Fsp3) is 0.222. The number of hydrogen-bond acceptors (Lipinski definition) is 5. The molecule has 1 unspecified atom stereocenters. The Morgan fingerprint density at radius 3 is 2.84 bits per heavy atom. The number of aryl methyl sites for hydroxylation is 1. The third-order valence-electron chi connectivity index (χ3n) is 4.15.